The van der Waals surface area contributed by atoms with Crippen LogP contribution < -0.4 is 0 Å². The Balaban J connectivity index is 1.93. The second-order valence-electron chi connectivity index (χ2n) is 6.23. The summed E-state index contributed by atoms with van der Waals surface area (Å²) in [5.74, 6) is 1.13. The lowest BCUT2D eigenvalue weighted by Gasteiger charge is -2.20. The fourth-order valence-corrected chi connectivity index (χ4v) is 3.85. The van der Waals surface area contributed by atoms with E-state index >= 15 is 0 Å². The number of carbonyl (C=O) groups is 1. The molecule has 1 amide bonds. The molecule has 0 spiro atoms. The molecule has 1 atom stereocenters. The number of amides is 1. The van der Waals surface area contributed by atoms with Gasteiger partial charge in [-0.15, -0.1) is 0 Å². The third-order valence-electron chi connectivity index (χ3n) is 3.60. The van der Waals surface area contributed by atoms with Gasteiger partial charge in [0.15, 0.2) is 15.7 Å². The summed E-state index contributed by atoms with van der Waals surface area (Å²) in [6.07, 6.45) is 2.48. The maximum atomic E-state index is 12.3. The molecule has 0 fully saturated rings. The van der Waals surface area contributed by atoms with Gasteiger partial charge < -0.3 is 9.42 Å². The van der Waals surface area contributed by atoms with E-state index in [1.165, 1.54) is 5.41 Å². The molecule has 1 aromatic heterocycles. The molecule has 8 heteroatoms. The Kier molecular flexibility index (Phi) is 5.56. The van der Waals surface area contributed by atoms with Gasteiger partial charge in [0.2, 0.25) is 11.8 Å². The Bertz CT molecular complexity index is 679. The van der Waals surface area contributed by atoms with E-state index < -0.39 is 9.84 Å². The van der Waals surface area contributed by atoms with Gasteiger partial charge in [-0.3, -0.25) is 4.79 Å². The van der Waals surface area contributed by atoms with E-state index in [4.69, 9.17) is 4.52 Å². The van der Waals surface area contributed by atoms with Crippen molar-refractivity contribution in [1.82, 2.24) is 15.0 Å². The summed E-state index contributed by atoms with van der Waals surface area (Å²) < 4.78 is 28.0. The van der Waals surface area contributed by atoms with E-state index in [2.05, 4.69) is 24.0 Å². The predicted octanol–water partition coefficient (Wildman–Crippen LogP) is 1.57. The van der Waals surface area contributed by atoms with Crippen LogP contribution in [0.15, 0.2) is 16.0 Å². The predicted molar refractivity (Wildman–Crippen MR) is 85.0 cm³/mol. The van der Waals surface area contributed by atoms with Crippen molar-refractivity contribution in [3.05, 3.63) is 23.2 Å². The number of hydrogen-bond acceptors (Lipinski definition) is 6. The number of carbonyl (C=O) groups excluding carboxylic acids is 1. The molecule has 1 aromatic rings. The Morgan fingerprint density at radius 2 is 2.22 bits per heavy atom. The van der Waals surface area contributed by atoms with Crippen LogP contribution in [0.1, 0.15) is 38.9 Å². The van der Waals surface area contributed by atoms with E-state index in [9.17, 15) is 13.2 Å². The molecule has 0 radical (unpaired) electrons. The third-order valence-corrected chi connectivity index (χ3v) is 5.07. The van der Waals surface area contributed by atoms with E-state index in [1.54, 1.807) is 11.0 Å². The highest BCUT2D eigenvalue weighted by atomic mass is 32.2. The summed E-state index contributed by atoms with van der Waals surface area (Å²) in [6.45, 7) is 6.79. The fraction of sp³-hybridized carbons (Fsp3) is 0.667. The van der Waals surface area contributed by atoms with E-state index in [0.29, 0.717) is 30.6 Å². The van der Waals surface area contributed by atoms with Crippen LogP contribution in [0.5, 0.6) is 0 Å². The van der Waals surface area contributed by atoms with E-state index in [0.717, 1.165) is 0 Å². The molecule has 128 valence electrons. The van der Waals surface area contributed by atoms with Crippen LogP contribution in [0.4, 0.5) is 0 Å². The molecule has 0 aliphatic carbocycles. The second-order valence-corrected chi connectivity index (χ2v) is 8.16. The highest BCUT2D eigenvalue weighted by molar-refractivity contribution is 7.94. The third kappa shape index (κ3) is 5.16. The van der Waals surface area contributed by atoms with Crippen molar-refractivity contribution in [2.45, 2.75) is 40.2 Å². The van der Waals surface area contributed by atoms with Gasteiger partial charge in [0, 0.05) is 30.7 Å². The van der Waals surface area contributed by atoms with Crippen LogP contribution in [0.3, 0.4) is 0 Å². The van der Waals surface area contributed by atoms with Gasteiger partial charge in [-0.2, -0.15) is 4.98 Å². The molecule has 0 N–H and O–H groups in total. The molecule has 0 saturated carbocycles. The molecule has 0 saturated heterocycles. The van der Waals surface area contributed by atoms with Gasteiger partial charge >= 0.3 is 0 Å². The molecule has 0 aromatic carbocycles. The first-order chi connectivity index (χ1) is 10.8. The first-order valence-electron chi connectivity index (χ1n) is 7.79. The molecule has 2 rings (SSSR count). The van der Waals surface area contributed by atoms with Crippen LogP contribution in [0, 0.1) is 11.8 Å². The molecule has 0 unspecified atom stereocenters. The molecule has 1 aliphatic rings. The Morgan fingerprint density at radius 1 is 1.48 bits per heavy atom. The van der Waals surface area contributed by atoms with E-state index in [-0.39, 0.29) is 30.5 Å². The maximum absolute atomic E-state index is 12.3. The standard InChI is InChI=1S/C15H23N3O4S/c1-4-18(9-13-16-14(22-17-13)7-11(2)3)15(19)8-12-5-6-23(20,21)10-12/h5-6,11-12H,4,7-10H2,1-3H3/t12-/m1/s1. The van der Waals surface area contributed by atoms with Crippen LogP contribution in [0.25, 0.3) is 0 Å². The molecule has 0 bridgehead atoms. The molecule has 23 heavy (non-hydrogen) atoms. The van der Waals surface area contributed by atoms with Crippen molar-refractivity contribution in [1.29, 1.82) is 0 Å². The Labute approximate surface area is 136 Å². The molecule has 2 heterocycles. The zero-order valence-electron chi connectivity index (χ0n) is 13.7. The van der Waals surface area contributed by atoms with Gasteiger partial charge in [0.1, 0.15) is 0 Å². The van der Waals surface area contributed by atoms with Crippen LogP contribution in [-0.4, -0.2) is 41.7 Å². The smallest absolute Gasteiger partial charge is 0.226 e. The monoisotopic (exact) mass is 341 g/mol. The first-order valence-corrected chi connectivity index (χ1v) is 9.50. The lowest BCUT2D eigenvalue weighted by Crippen LogP contribution is -2.32. The van der Waals surface area contributed by atoms with Crippen LogP contribution >= 0.6 is 0 Å². The van der Waals surface area contributed by atoms with Crippen molar-refractivity contribution in [2.24, 2.45) is 11.8 Å². The lowest BCUT2D eigenvalue weighted by molar-refractivity contribution is -0.132. The average molecular weight is 341 g/mol. The molecular weight excluding hydrogens is 318 g/mol. The van der Waals surface area contributed by atoms with Gasteiger partial charge in [0.25, 0.3) is 0 Å². The minimum Gasteiger partial charge on any atom is -0.339 e. The van der Waals surface area contributed by atoms with Crippen LogP contribution in [0.2, 0.25) is 0 Å². The van der Waals surface area contributed by atoms with E-state index in [1.807, 2.05) is 6.92 Å². The summed E-state index contributed by atoms with van der Waals surface area (Å²) in [5, 5.41) is 5.10. The average Bonchev–Trinajstić information content (AvgIpc) is 3.01. The van der Waals surface area contributed by atoms with Crippen molar-refractivity contribution >= 4 is 15.7 Å². The summed E-state index contributed by atoms with van der Waals surface area (Å²) in [7, 11) is -3.13. The maximum Gasteiger partial charge on any atom is 0.226 e. The normalized spacial score (nSPS) is 19.4. The lowest BCUT2D eigenvalue weighted by atomic mass is 10.1. The van der Waals surface area contributed by atoms with Crippen molar-refractivity contribution in [3.8, 4) is 0 Å². The molecule has 1 aliphatic heterocycles. The van der Waals surface area contributed by atoms with Gasteiger partial charge in [0.05, 0.1) is 12.3 Å². The quantitative estimate of drug-likeness (QED) is 0.747. The number of hydrogen-bond donors (Lipinski definition) is 0. The summed E-state index contributed by atoms with van der Waals surface area (Å²) >= 11 is 0. The van der Waals surface area contributed by atoms with Crippen molar-refractivity contribution < 1.29 is 17.7 Å². The number of nitrogens with zero attached hydrogens (tertiary/aromatic N) is 3. The van der Waals surface area contributed by atoms with Gasteiger partial charge in [-0.05, 0) is 12.8 Å². The number of rotatable bonds is 7. The highest BCUT2D eigenvalue weighted by Gasteiger charge is 2.26. The zero-order valence-corrected chi connectivity index (χ0v) is 14.5. The largest absolute Gasteiger partial charge is 0.339 e. The minimum atomic E-state index is -3.13. The second kappa shape index (κ2) is 7.25. The fourth-order valence-electron chi connectivity index (χ4n) is 2.45. The van der Waals surface area contributed by atoms with Crippen molar-refractivity contribution in [2.75, 3.05) is 12.3 Å². The van der Waals surface area contributed by atoms with Gasteiger partial charge in [-0.25, -0.2) is 8.42 Å². The number of aromatic nitrogens is 2. The summed E-state index contributed by atoms with van der Waals surface area (Å²) in [6, 6.07) is 0. The number of sulfone groups is 1. The van der Waals surface area contributed by atoms with Crippen molar-refractivity contribution in [3.63, 3.8) is 0 Å². The Hall–Kier alpha value is -1.70. The molecule has 7 nitrogen and oxygen atoms in total. The zero-order chi connectivity index (χ0) is 17.0. The topological polar surface area (TPSA) is 93.4 Å². The highest BCUT2D eigenvalue weighted by Crippen LogP contribution is 2.19. The summed E-state index contributed by atoms with van der Waals surface area (Å²) in [4.78, 5) is 18.2. The van der Waals surface area contributed by atoms with Gasteiger partial charge in [-0.1, -0.05) is 25.1 Å². The molecular formula is C15H23N3O4S. The minimum absolute atomic E-state index is 0.0110. The number of allylic oxidation sites excluding steroid dienone is 1. The SMILES string of the molecule is CCN(Cc1noc(CC(C)C)n1)C(=O)C[C@H]1C=CS(=O)(=O)C1. The van der Waals surface area contributed by atoms with Crippen LogP contribution in [-0.2, 0) is 27.6 Å². The Morgan fingerprint density at radius 3 is 2.78 bits per heavy atom. The summed E-state index contributed by atoms with van der Waals surface area (Å²) in [5.41, 5.74) is 0. The first kappa shape index (κ1) is 17.7.